The van der Waals surface area contributed by atoms with Crippen LogP contribution in [-0.2, 0) is 12.8 Å². The fourth-order valence-corrected chi connectivity index (χ4v) is 2.82. The van der Waals surface area contributed by atoms with Crippen LogP contribution in [0.2, 0.25) is 0 Å². The van der Waals surface area contributed by atoms with Crippen molar-refractivity contribution in [3.8, 4) is 5.75 Å². The first-order chi connectivity index (χ1) is 8.92. The lowest BCUT2D eigenvalue weighted by Crippen LogP contribution is -2.26. The highest BCUT2D eigenvalue weighted by molar-refractivity contribution is 5.39. The molecule has 3 heteroatoms. The maximum atomic E-state index is 5.52. The summed E-state index contributed by atoms with van der Waals surface area (Å²) in [5, 5.41) is 6.98. The van der Waals surface area contributed by atoms with Crippen molar-refractivity contribution < 1.29 is 4.74 Å². The van der Waals surface area contributed by atoms with Gasteiger partial charge in [0.1, 0.15) is 5.75 Å². The average Bonchev–Trinajstić information content (AvgIpc) is 3.05. The molecule has 0 aromatic heterocycles. The van der Waals surface area contributed by atoms with E-state index in [1.54, 1.807) is 0 Å². The zero-order valence-electron chi connectivity index (χ0n) is 10.9. The third-order valence-electron chi connectivity index (χ3n) is 3.94. The Balaban J connectivity index is 1.42. The van der Waals surface area contributed by atoms with Crippen molar-refractivity contribution in [3.63, 3.8) is 0 Å². The van der Waals surface area contributed by atoms with E-state index in [1.807, 2.05) is 0 Å². The Morgan fingerprint density at radius 3 is 3.28 bits per heavy atom. The normalized spacial score (nSPS) is 21.9. The van der Waals surface area contributed by atoms with Crippen LogP contribution < -0.4 is 15.4 Å². The van der Waals surface area contributed by atoms with Crippen LogP contribution in [0, 0.1) is 5.92 Å². The molecule has 2 N–H and O–H groups in total. The molecule has 1 fully saturated rings. The van der Waals surface area contributed by atoms with Crippen molar-refractivity contribution in [1.29, 1.82) is 0 Å². The van der Waals surface area contributed by atoms with Crippen LogP contribution in [0.5, 0.6) is 5.75 Å². The van der Waals surface area contributed by atoms with Gasteiger partial charge in [-0.05, 0) is 62.1 Å². The van der Waals surface area contributed by atoms with E-state index in [1.165, 1.54) is 30.6 Å². The summed E-state index contributed by atoms with van der Waals surface area (Å²) in [6, 6.07) is 6.63. The highest BCUT2D eigenvalue weighted by Crippen LogP contribution is 2.25. The molecule has 1 aromatic rings. The molecule has 0 saturated carbocycles. The van der Waals surface area contributed by atoms with Gasteiger partial charge in [0, 0.05) is 6.42 Å². The van der Waals surface area contributed by atoms with Gasteiger partial charge in [-0.1, -0.05) is 12.1 Å². The molecule has 1 atom stereocenters. The zero-order chi connectivity index (χ0) is 12.2. The van der Waals surface area contributed by atoms with E-state index in [4.69, 9.17) is 4.74 Å². The van der Waals surface area contributed by atoms with Gasteiger partial charge < -0.3 is 15.4 Å². The van der Waals surface area contributed by atoms with Crippen molar-refractivity contribution in [3.05, 3.63) is 29.3 Å². The molecule has 18 heavy (non-hydrogen) atoms. The lowest BCUT2D eigenvalue weighted by atomic mass is 10.1. The van der Waals surface area contributed by atoms with Crippen molar-refractivity contribution in [2.75, 3.05) is 32.8 Å². The van der Waals surface area contributed by atoms with Gasteiger partial charge in [-0.2, -0.15) is 0 Å². The van der Waals surface area contributed by atoms with E-state index in [9.17, 15) is 0 Å². The Hall–Kier alpha value is -1.06. The van der Waals surface area contributed by atoms with Crippen LogP contribution in [0.1, 0.15) is 17.5 Å². The molecular weight excluding hydrogens is 224 g/mol. The smallest absolute Gasteiger partial charge is 0.122 e. The summed E-state index contributed by atoms with van der Waals surface area (Å²) in [5.74, 6) is 1.92. The summed E-state index contributed by atoms with van der Waals surface area (Å²) >= 11 is 0. The van der Waals surface area contributed by atoms with Crippen LogP contribution in [0.4, 0.5) is 0 Å². The van der Waals surface area contributed by atoms with Crippen molar-refractivity contribution in [2.45, 2.75) is 19.3 Å². The third-order valence-corrected chi connectivity index (χ3v) is 3.94. The number of ether oxygens (including phenoxy) is 1. The highest BCUT2D eigenvalue weighted by atomic mass is 16.5. The lowest BCUT2D eigenvalue weighted by Gasteiger charge is -2.10. The predicted octanol–water partition coefficient (Wildman–Crippen LogP) is 1.36. The first-order valence-electron chi connectivity index (χ1n) is 7.08. The van der Waals surface area contributed by atoms with Crippen LogP contribution in [0.3, 0.4) is 0 Å². The van der Waals surface area contributed by atoms with E-state index in [0.717, 1.165) is 44.2 Å². The van der Waals surface area contributed by atoms with Gasteiger partial charge >= 0.3 is 0 Å². The topological polar surface area (TPSA) is 33.3 Å². The Kier molecular flexibility index (Phi) is 3.81. The number of rotatable bonds is 5. The second-order valence-electron chi connectivity index (χ2n) is 5.35. The molecular formula is C15H22N2O. The van der Waals surface area contributed by atoms with E-state index in [2.05, 4.69) is 28.8 Å². The van der Waals surface area contributed by atoms with Crippen LogP contribution in [0.25, 0.3) is 0 Å². The van der Waals surface area contributed by atoms with Crippen molar-refractivity contribution in [2.24, 2.45) is 5.92 Å². The largest absolute Gasteiger partial charge is 0.493 e. The molecule has 2 aliphatic heterocycles. The van der Waals surface area contributed by atoms with Crippen LogP contribution >= 0.6 is 0 Å². The summed E-state index contributed by atoms with van der Waals surface area (Å²) in [7, 11) is 0. The van der Waals surface area contributed by atoms with Gasteiger partial charge in [0.15, 0.2) is 0 Å². The minimum atomic E-state index is 0.832. The minimum absolute atomic E-state index is 0.832. The van der Waals surface area contributed by atoms with Gasteiger partial charge in [0.2, 0.25) is 0 Å². The van der Waals surface area contributed by atoms with Gasteiger partial charge in [-0.25, -0.2) is 0 Å². The number of nitrogens with one attached hydrogen (secondary N) is 2. The highest BCUT2D eigenvalue weighted by Gasteiger charge is 2.14. The number of hydrogen-bond acceptors (Lipinski definition) is 3. The molecule has 0 radical (unpaired) electrons. The molecule has 0 bridgehead atoms. The molecule has 1 aromatic carbocycles. The van der Waals surface area contributed by atoms with Gasteiger partial charge in [0.25, 0.3) is 0 Å². The monoisotopic (exact) mass is 246 g/mol. The molecule has 0 aliphatic carbocycles. The van der Waals surface area contributed by atoms with E-state index in [0.29, 0.717) is 0 Å². The molecule has 1 unspecified atom stereocenters. The SMILES string of the molecule is c1cc2c(cc1CCNCC1CCNC1)CCO2. The fourth-order valence-electron chi connectivity index (χ4n) is 2.82. The summed E-state index contributed by atoms with van der Waals surface area (Å²) in [5.41, 5.74) is 2.81. The molecule has 3 rings (SSSR count). The maximum Gasteiger partial charge on any atom is 0.122 e. The van der Waals surface area contributed by atoms with E-state index in [-0.39, 0.29) is 0 Å². The van der Waals surface area contributed by atoms with Crippen LogP contribution in [-0.4, -0.2) is 32.8 Å². The molecule has 2 aliphatic rings. The summed E-state index contributed by atoms with van der Waals surface area (Å²) < 4.78 is 5.52. The zero-order valence-corrected chi connectivity index (χ0v) is 10.9. The second-order valence-corrected chi connectivity index (χ2v) is 5.35. The number of fused-ring (bicyclic) bond motifs is 1. The van der Waals surface area contributed by atoms with Crippen molar-refractivity contribution in [1.82, 2.24) is 10.6 Å². The predicted molar refractivity (Wildman–Crippen MR) is 73.2 cm³/mol. The summed E-state index contributed by atoms with van der Waals surface area (Å²) in [6.45, 7) is 5.46. The Labute approximate surface area is 109 Å². The lowest BCUT2D eigenvalue weighted by molar-refractivity contribution is 0.357. The van der Waals surface area contributed by atoms with Crippen molar-refractivity contribution >= 4 is 0 Å². The molecule has 1 saturated heterocycles. The van der Waals surface area contributed by atoms with E-state index >= 15 is 0 Å². The van der Waals surface area contributed by atoms with Gasteiger partial charge in [-0.3, -0.25) is 0 Å². The van der Waals surface area contributed by atoms with Gasteiger partial charge in [0.05, 0.1) is 6.61 Å². The standard InChI is InChI=1S/C15H22N2O/c1-2-15-14(5-8-18-15)9-12(1)3-6-16-10-13-4-7-17-11-13/h1-2,9,13,16-17H,3-8,10-11H2. The fraction of sp³-hybridized carbons (Fsp3) is 0.600. The Morgan fingerprint density at radius 1 is 1.39 bits per heavy atom. The van der Waals surface area contributed by atoms with E-state index < -0.39 is 0 Å². The summed E-state index contributed by atoms with van der Waals surface area (Å²) in [4.78, 5) is 0. The molecule has 2 heterocycles. The molecule has 0 amide bonds. The number of benzene rings is 1. The Bertz CT molecular complexity index is 399. The second kappa shape index (κ2) is 5.72. The minimum Gasteiger partial charge on any atom is -0.493 e. The quantitative estimate of drug-likeness (QED) is 0.770. The maximum absolute atomic E-state index is 5.52. The number of hydrogen-bond donors (Lipinski definition) is 2. The molecule has 0 spiro atoms. The summed E-state index contributed by atoms with van der Waals surface area (Å²) in [6.07, 6.45) is 3.51. The first-order valence-corrected chi connectivity index (χ1v) is 7.08. The molecule has 3 nitrogen and oxygen atoms in total. The first kappa shape index (κ1) is 12.0. The van der Waals surface area contributed by atoms with Gasteiger partial charge in [-0.15, -0.1) is 0 Å². The van der Waals surface area contributed by atoms with Crippen LogP contribution in [0.15, 0.2) is 18.2 Å². The Morgan fingerprint density at radius 2 is 2.39 bits per heavy atom. The average molecular weight is 246 g/mol. The third kappa shape index (κ3) is 2.85. The molecule has 98 valence electrons.